The fourth-order valence-electron chi connectivity index (χ4n) is 2.64. The van der Waals surface area contributed by atoms with E-state index < -0.39 is 0 Å². The highest BCUT2D eigenvalue weighted by Crippen LogP contribution is 2.29. The minimum absolute atomic E-state index is 0.000898. The number of rotatable bonds is 4. The molecule has 0 radical (unpaired) electrons. The zero-order chi connectivity index (χ0) is 11.4. The summed E-state index contributed by atoms with van der Waals surface area (Å²) < 4.78 is 5.68. The maximum atomic E-state index is 11.6. The van der Waals surface area contributed by atoms with E-state index >= 15 is 0 Å². The molecule has 0 aromatic carbocycles. The topological polar surface area (TPSA) is 61.8 Å². The van der Waals surface area contributed by atoms with Crippen LogP contribution >= 0.6 is 0 Å². The predicted molar refractivity (Wildman–Crippen MR) is 59.0 cm³/mol. The van der Waals surface area contributed by atoms with Crippen LogP contribution in [-0.2, 0) is 9.53 Å². The summed E-state index contributed by atoms with van der Waals surface area (Å²) in [5, 5.41) is 11.3. The molecule has 0 bridgehead atoms. The molecular formula is C11H20N2O3. The molecule has 1 aliphatic heterocycles. The van der Waals surface area contributed by atoms with E-state index in [-0.39, 0.29) is 12.5 Å². The van der Waals surface area contributed by atoms with Crippen molar-refractivity contribution in [1.29, 1.82) is 0 Å². The number of carbonyl (C=O) groups is 1. The molecule has 5 nitrogen and oxygen atoms in total. The number of morpholine rings is 1. The Morgan fingerprint density at radius 1 is 1.50 bits per heavy atom. The largest absolute Gasteiger partial charge is 0.395 e. The molecule has 1 amide bonds. The molecule has 0 aromatic rings. The van der Waals surface area contributed by atoms with E-state index in [4.69, 9.17) is 9.84 Å². The van der Waals surface area contributed by atoms with Crippen molar-refractivity contribution in [3.05, 3.63) is 0 Å². The van der Waals surface area contributed by atoms with Crippen LogP contribution in [0.25, 0.3) is 0 Å². The quantitative estimate of drug-likeness (QED) is 0.671. The number of aliphatic hydroxyl groups excluding tert-OH is 1. The van der Waals surface area contributed by atoms with Crippen LogP contribution in [0.15, 0.2) is 0 Å². The first-order chi connectivity index (χ1) is 7.81. The second kappa shape index (κ2) is 5.61. The predicted octanol–water partition coefficient (Wildman–Crippen LogP) is -0.652. The minimum atomic E-state index is 0.000898. The summed E-state index contributed by atoms with van der Waals surface area (Å²) in [4.78, 5) is 13.8. The van der Waals surface area contributed by atoms with Crippen molar-refractivity contribution in [3.63, 3.8) is 0 Å². The Kier molecular flexibility index (Phi) is 4.15. The molecular weight excluding hydrogens is 208 g/mol. The molecule has 2 atom stereocenters. The summed E-state index contributed by atoms with van der Waals surface area (Å²) in [6.07, 6.45) is 3.79. The van der Waals surface area contributed by atoms with Crippen molar-refractivity contribution in [3.8, 4) is 0 Å². The number of hydrogen-bond donors (Lipinski definition) is 2. The Morgan fingerprint density at radius 3 is 3.19 bits per heavy atom. The molecule has 2 aliphatic rings. The Bertz CT molecular complexity index is 247. The third kappa shape index (κ3) is 2.72. The van der Waals surface area contributed by atoms with Crippen molar-refractivity contribution in [2.75, 3.05) is 32.8 Å². The third-order valence-electron chi connectivity index (χ3n) is 3.38. The first kappa shape index (κ1) is 11.8. The van der Waals surface area contributed by atoms with Gasteiger partial charge < -0.3 is 15.2 Å². The van der Waals surface area contributed by atoms with Gasteiger partial charge in [-0.05, 0) is 19.3 Å². The molecule has 92 valence electrons. The van der Waals surface area contributed by atoms with Crippen molar-refractivity contribution in [2.24, 2.45) is 0 Å². The smallest absolute Gasteiger partial charge is 0.234 e. The summed E-state index contributed by atoms with van der Waals surface area (Å²) in [5.74, 6) is 0.00148. The van der Waals surface area contributed by atoms with Gasteiger partial charge in [0.15, 0.2) is 0 Å². The standard InChI is InChI=1S/C11H20N2O3/c14-6-4-12-11(15)8-13-5-7-16-10-3-1-2-9(10)13/h9-10,14H,1-8H2,(H,12,15). The van der Waals surface area contributed by atoms with Gasteiger partial charge in [-0.15, -0.1) is 0 Å². The average Bonchev–Trinajstić information content (AvgIpc) is 2.75. The highest BCUT2D eigenvalue weighted by atomic mass is 16.5. The molecule has 5 heteroatoms. The normalized spacial score (nSPS) is 30.1. The van der Waals surface area contributed by atoms with Gasteiger partial charge in [-0.1, -0.05) is 0 Å². The van der Waals surface area contributed by atoms with Crippen molar-refractivity contribution < 1.29 is 14.6 Å². The third-order valence-corrected chi connectivity index (χ3v) is 3.38. The van der Waals surface area contributed by atoms with Gasteiger partial charge in [0, 0.05) is 19.1 Å². The molecule has 16 heavy (non-hydrogen) atoms. The van der Waals surface area contributed by atoms with E-state index in [9.17, 15) is 4.79 Å². The summed E-state index contributed by atoms with van der Waals surface area (Å²) in [6, 6.07) is 0.425. The molecule has 2 unspecified atom stereocenters. The second-order valence-corrected chi connectivity index (χ2v) is 4.45. The van der Waals surface area contributed by atoms with Gasteiger partial charge in [0.25, 0.3) is 0 Å². The number of carbonyl (C=O) groups excluding carboxylic acids is 1. The van der Waals surface area contributed by atoms with Crippen LogP contribution in [-0.4, -0.2) is 60.9 Å². The summed E-state index contributed by atoms with van der Waals surface area (Å²) in [6.45, 7) is 2.35. The molecule has 1 saturated carbocycles. The van der Waals surface area contributed by atoms with Gasteiger partial charge in [0.2, 0.25) is 5.91 Å². The Labute approximate surface area is 95.8 Å². The van der Waals surface area contributed by atoms with Crippen molar-refractivity contribution in [1.82, 2.24) is 10.2 Å². The van der Waals surface area contributed by atoms with Gasteiger partial charge >= 0.3 is 0 Å². The highest BCUT2D eigenvalue weighted by Gasteiger charge is 2.36. The Hall–Kier alpha value is -0.650. The number of nitrogens with zero attached hydrogens (tertiary/aromatic N) is 1. The highest BCUT2D eigenvalue weighted by molar-refractivity contribution is 5.78. The lowest BCUT2D eigenvalue weighted by molar-refractivity contribution is -0.126. The number of nitrogens with one attached hydrogen (secondary N) is 1. The monoisotopic (exact) mass is 228 g/mol. The summed E-state index contributed by atoms with van der Waals surface area (Å²) in [7, 11) is 0. The van der Waals surface area contributed by atoms with E-state index in [2.05, 4.69) is 10.2 Å². The molecule has 0 spiro atoms. The zero-order valence-corrected chi connectivity index (χ0v) is 9.52. The molecule has 2 rings (SSSR count). The molecule has 1 heterocycles. The van der Waals surface area contributed by atoms with Gasteiger partial charge in [0.1, 0.15) is 0 Å². The van der Waals surface area contributed by atoms with Gasteiger partial charge in [0.05, 0.1) is 25.9 Å². The number of fused-ring (bicyclic) bond motifs is 1. The lowest BCUT2D eigenvalue weighted by Crippen LogP contribution is -2.52. The first-order valence-corrected chi connectivity index (χ1v) is 6.04. The van der Waals surface area contributed by atoms with Gasteiger partial charge in [-0.2, -0.15) is 0 Å². The molecule has 1 aliphatic carbocycles. The van der Waals surface area contributed by atoms with Crippen LogP contribution in [0, 0.1) is 0 Å². The van der Waals surface area contributed by atoms with Crippen LogP contribution in [0.4, 0.5) is 0 Å². The summed E-state index contributed by atoms with van der Waals surface area (Å²) in [5.41, 5.74) is 0. The van der Waals surface area contributed by atoms with E-state index in [1.807, 2.05) is 0 Å². The molecule has 2 N–H and O–H groups in total. The maximum absolute atomic E-state index is 11.6. The van der Waals surface area contributed by atoms with Gasteiger partial charge in [-0.25, -0.2) is 0 Å². The van der Waals surface area contributed by atoms with Crippen LogP contribution < -0.4 is 5.32 Å². The van der Waals surface area contributed by atoms with E-state index in [0.717, 1.165) is 26.0 Å². The Morgan fingerprint density at radius 2 is 2.38 bits per heavy atom. The number of amides is 1. The van der Waals surface area contributed by atoms with Crippen molar-refractivity contribution in [2.45, 2.75) is 31.4 Å². The lowest BCUT2D eigenvalue weighted by Gasteiger charge is -2.37. The second-order valence-electron chi connectivity index (χ2n) is 4.45. The summed E-state index contributed by atoms with van der Waals surface area (Å²) >= 11 is 0. The van der Waals surface area contributed by atoms with E-state index in [1.54, 1.807) is 0 Å². The Balaban J connectivity index is 1.81. The van der Waals surface area contributed by atoms with E-state index in [1.165, 1.54) is 6.42 Å². The first-order valence-electron chi connectivity index (χ1n) is 6.04. The molecule has 2 fully saturated rings. The number of aliphatic hydroxyl groups is 1. The molecule has 0 aromatic heterocycles. The minimum Gasteiger partial charge on any atom is -0.395 e. The van der Waals surface area contributed by atoms with Crippen LogP contribution in [0.3, 0.4) is 0 Å². The number of hydrogen-bond acceptors (Lipinski definition) is 4. The maximum Gasteiger partial charge on any atom is 0.234 e. The SMILES string of the molecule is O=C(CN1CCOC2CCCC21)NCCO. The van der Waals surface area contributed by atoms with Crippen LogP contribution in [0.5, 0.6) is 0 Å². The zero-order valence-electron chi connectivity index (χ0n) is 9.52. The van der Waals surface area contributed by atoms with E-state index in [0.29, 0.717) is 25.2 Å². The average molecular weight is 228 g/mol. The van der Waals surface area contributed by atoms with Crippen LogP contribution in [0.1, 0.15) is 19.3 Å². The fourth-order valence-corrected chi connectivity index (χ4v) is 2.64. The lowest BCUT2D eigenvalue weighted by atomic mass is 10.1. The fraction of sp³-hybridized carbons (Fsp3) is 0.909. The van der Waals surface area contributed by atoms with Gasteiger partial charge in [-0.3, -0.25) is 9.69 Å². The van der Waals surface area contributed by atoms with Crippen molar-refractivity contribution >= 4 is 5.91 Å². The van der Waals surface area contributed by atoms with Crippen LogP contribution in [0.2, 0.25) is 0 Å². The molecule has 1 saturated heterocycles. The number of ether oxygens (including phenoxy) is 1.